The minimum atomic E-state index is -1.28. The van der Waals surface area contributed by atoms with E-state index in [0.29, 0.717) is 5.56 Å². The molecule has 0 saturated heterocycles. The summed E-state index contributed by atoms with van der Waals surface area (Å²) < 4.78 is 13.1. The van der Waals surface area contributed by atoms with Crippen molar-refractivity contribution in [2.75, 3.05) is 0 Å². The molecule has 4 N–H and O–H groups in total. The quantitative estimate of drug-likeness (QED) is 0.841. The van der Waals surface area contributed by atoms with Crippen LogP contribution in [0.25, 0.3) is 0 Å². The molecule has 1 atom stereocenters. The van der Waals surface area contributed by atoms with E-state index >= 15 is 0 Å². The van der Waals surface area contributed by atoms with Crippen LogP contribution in [0.5, 0.6) is 0 Å². The van der Waals surface area contributed by atoms with E-state index in [4.69, 9.17) is 11.5 Å². The van der Waals surface area contributed by atoms with E-state index in [1.807, 2.05) is 0 Å². The highest BCUT2D eigenvalue weighted by atomic mass is 79.9. The van der Waals surface area contributed by atoms with Crippen LogP contribution in [-0.4, -0.2) is 5.91 Å². The van der Waals surface area contributed by atoms with Crippen LogP contribution in [0.4, 0.5) is 4.39 Å². The van der Waals surface area contributed by atoms with Gasteiger partial charge in [-0.15, -0.1) is 0 Å². The maximum absolute atomic E-state index is 12.9. The number of hydrogen-bond donors (Lipinski definition) is 2. The number of primary amides is 1. The highest BCUT2D eigenvalue weighted by molar-refractivity contribution is 9.10. The Morgan fingerprint density at radius 3 is 2.57 bits per heavy atom. The van der Waals surface area contributed by atoms with Gasteiger partial charge in [0.25, 0.3) is 0 Å². The zero-order valence-electron chi connectivity index (χ0n) is 7.55. The van der Waals surface area contributed by atoms with Gasteiger partial charge in [0.15, 0.2) is 0 Å². The van der Waals surface area contributed by atoms with E-state index in [1.165, 1.54) is 25.1 Å². The van der Waals surface area contributed by atoms with Crippen molar-refractivity contribution in [2.24, 2.45) is 11.5 Å². The fourth-order valence-electron chi connectivity index (χ4n) is 0.961. The monoisotopic (exact) mass is 260 g/mol. The second-order valence-electron chi connectivity index (χ2n) is 3.20. The summed E-state index contributed by atoms with van der Waals surface area (Å²) in [6.45, 7) is 1.48. The molecule has 76 valence electrons. The van der Waals surface area contributed by atoms with E-state index in [1.54, 1.807) is 0 Å². The van der Waals surface area contributed by atoms with E-state index in [9.17, 15) is 9.18 Å². The van der Waals surface area contributed by atoms with Crippen LogP contribution >= 0.6 is 15.9 Å². The largest absolute Gasteiger partial charge is 0.368 e. The molecule has 0 radical (unpaired) electrons. The van der Waals surface area contributed by atoms with E-state index in [2.05, 4.69) is 15.9 Å². The van der Waals surface area contributed by atoms with Crippen molar-refractivity contribution in [2.45, 2.75) is 12.5 Å². The first-order chi connectivity index (χ1) is 6.35. The van der Waals surface area contributed by atoms with Gasteiger partial charge in [-0.05, 0) is 40.5 Å². The standard InChI is InChI=1S/C9H10BrFN2O/c1-9(13,8(12)14)5-2-3-7(11)6(10)4-5/h2-4H,13H2,1H3,(H2,12,14). The molecule has 0 spiro atoms. The van der Waals surface area contributed by atoms with Crippen molar-refractivity contribution >= 4 is 21.8 Å². The van der Waals surface area contributed by atoms with Crippen LogP contribution in [0.1, 0.15) is 12.5 Å². The summed E-state index contributed by atoms with van der Waals surface area (Å²) in [5.41, 5.74) is 9.99. The first-order valence-electron chi connectivity index (χ1n) is 3.90. The van der Waals surface area contributed by atoms with Gasteiger partial charge in [0.05, 0.1) is 4.47 Å². The van der Waals surface area contributed by atoms with Gasteiger partial charge in [-0.25, -0.2) is 4.39 Å². The molecule has 1 amide bonds. The fraction of sp³-hybridized carbons (Fsp3) is 0.222. The second kappa shape index (κ2) is 3.67. The van der Waals surface area contributed by atoms with Gasteiger partial charge in [-0.1, -0.05) is 6.07 Å². The second-order valence-corrected chi connectivity index (χ2v) is 4.05. The van der Waals surface area contributed by atoms with Gasteiger partial charge < -0.3 is 11.5 Å². The number of carbonyl (C=O) groups is 1. The first kappa shape index (κ1) is 11.1. The lowest BCUT2D eigenvalue weighted by Crippen LogP contribution is -2.46. The lowest BCUT2D eigenvalue weighted by atomic mass is 9.93. The highest BCUT2D eigenvalue weighted by Crippen LogP contribution is 2.23. The normalized spacial score (nSPS) is 14.9. The van der Waals surface area contributed by atoms with Crippen LogP contribution in [-0.2, 0) is 10.3 Å². The van der Waals surface area contributed by atoms with Gasteiger partial charge in [-0.3, -0.25) is 4.79 Å². The Morgan fingerprint density at radius 1 is 1.57 bits per heavy atom. The van der Waals surface area contributed by atoms with Crippen molar-refractivity contribution in [3.05, 3.63) is 34.1 Å². The van der Waals surface area contributed by atoms with E-state index < -0.39 is 17.3 Å². The molecule has 0 aliphatic carbocycles. The van der Waals surface area contributed by atoms with E-state index in [-0.39, 0.29) is 4.47 Å². The molecule has 3 nitrogen and oxygen atoms in total. The lowest BCUT2D eigenvalue weighted by Gasteiger charge is -2.21. The summed E-state index contributed by atoms with van der Waals surface area (Å²) in [6, 6.07) is 4.11. The molecule has 0 heterocycles. The van der Waals surface area contributed by atoms with Gasteiger partial charge in [0.1, 0.15) is 11.4 Å². The van der Waals surface area contributed by atoms with Crippen LogP contribution < -0.4 is 11.5 Å². The summed E-state index contributed by atoms with van der Waals surface area (Å²) in [5, 5.41) is 0. The summed E-state index contributed by atoms with van der Waals surface area (Å²) in [6.07, 6.45) is 0. The molecule has 1 rings (SSSR count). The van der Waals surface area contributed by atoms with Crippen LogP contribution in [0.2, 0.25) is 0 Å². The number of rotatable bonds is 2. The molecule has 5 heteroatoms. The predicted octanol–water partition coefficient (Wildman–Crippen LogP) is 1.25. The fourth-order valence-corrected chi connectivity index (χ4v) is 1.34. The lowest BCUT2D eigenvalue weighted by molar-refractivity contribution is -0.122. The molecule has 1 unspecified atom stereocenters. The molecule has 0 saturated carbocycles. The van der Waals surface area contributed by atoms with E-state index in [0.717, 1.165) is 0 Å². The minimum absolute atomic E-state index is 0.257. The molecule has 0 bridgehead atoms. The number of halogens is 2. The molecular formula is C9H10BrFN2O. The van der Waals surface area contributed by atoms with Gasteiger partial charge in [0.2, 0.25) is 5.91 Å². The molecule has 14 heavy (non-hydrogen) atoms. The van der Waals surface area contributed by atoms with Crippen molar-refractivity contribution in [1.29, 1.82) is 0 Å². The number of nitrogens with two attached hydrogens (primary N) is 2. The van der Waals surface area contributed by atoms with Crippen molar-refractivity contribution in [1.82, 2.24) is 0 Å². The Labute approximate surface area is 89.4 Å². The zero-order valence-corrected chi connectivity index (χ0v) is 9.14. The molecule has 0 aliphatic rings. The number of hydrogen-bond acceptors (Lipinski definition) is 2. The number of amides is 1. The van der Waals surface area contributed by atoms with Crippen LogP contribution in [0, 0.1) is 5.82 Å². The Bertz CT molecular complexity index is 379. The Kier molecular flexibility index (Phi) is 2.92. The molecule has 0 aromatic heterocycles. The summed E-state index contributed by atoms with van der Waals surface area (Å²) in [5.74, 6) is -1.06. The van der Waals surface area contributed by atoms with Crippen molar-refractivity contribution < 1.29 is 9.18 Å². The van der Waals surface area contributed by atoms with Crippen LogP contribution in [0.15, 0.2) is 22.7 Å². The average molecular weight is 261 g/mol. The number of benzene rings is 1. The Hall–Kier alpha value is -0.940. The molecule has 0 aliphatic heterocycles. The SMILES string of the molecule is CC(N)(C(N)=O)c1ccc(F)c(Br)c1. The summed E-state index contributed by atoms with van der Waals surface area (Å²) in [7, 11) is 0. The third-order valence-electron chi connectivity index (χ3n) is 2.03. The third kappa shape index (κ3) is 1.93. The van der Waals surface area contributed by atoms with Crippen molar-refractivity contribution in [3.8, 4) is 0 Å². The van der Waals surface area contributed by atoms with Crippen LogP contribution in [0.3, 0.4) is 0 Å². The van der Waals surface area contributed by atoms with Gasteiger partial charge in [-0.2, -0.15) is 0 Å². The van der Waals surface area contributed by atoms with Gasteiger partial charge in [0, 0.05) is 0 Å². The molecular weight excluding hydrogens is 251 g/mol. The zero-order chi connectivity index (χ0) is 10.9. The minimum Gasteiger partial charge on any atom is -0.368 e. The average Bonchev–Trinajstić information content (AvgIpc) is 2.09. The third-order valence-corrected chi connectivity index (χ3v) is 2.64. The predicted molar refractivity (Wildman–Crippen MR) is 54.8 cm³/mol. The first-order valence-corrected chi connectivity index (χ1v) is 4.69. The molecule has 1 aromatic carbocycles. The topological polar surface area (TPSA) is 69.1 Å². The maximum Gasteiger partial charge on any atom is 0.241 e. The molecule has 0 fully saturated rings. The Morgan fingerprint density at radius 2 is 2.14 bits per heavy atom. The molecule has 1 aromatic rings. The smallest absolute Gasteiger partial charge is 0.241 e. The van der Waals surface area contributed by atoms with Crippen molar-refractivity contribution in [3.63, 3.8) is 0 Å². The summed E-state index contributed by atoms with van der Waals surface area (Å²) >= 11 is 3.00. The Balaban J connectivity index is 3.21. The number of carbonyl (C=O) groups excluding carboxylic acids is 1. The maximum atomic E-state index is 12.9. The highest BCUT2D eigenvalue weighted by Gasteiger charge is 2.28. The van der Waals surface area contributed by atoms with Gasteiger partial charge >= 0.3 is 0 Å². The summed E-state index contributed by atoms with van der Waals surface area (Å²) in [4.78, 5) is 11.0.